The molecule has 0 fully saturated rings. The minimum absolute atomic E-state index is 0.522. The van der Waals surface area contributed by atoms with Gasteiger partial charge in [0.1, 0.15) is 23.6 Å². The van der Waals surface area contributed by atoms with E-state index in [2.05, 4.69) is 12.1 Å². The molecule has 3 aromatic carbocycles. The molecule has 2 heterocycles. The summed E-state index contributed by atoms with van der Waals surface area (Å²) >= 11 is 0. The highest BCUT2D eigenvalue weighted by molar-refractivity contribution is 6.14. The van der Waals surface area contributed by atoms with Gasteiger partial charge in [0.15, 0.2) is 11.2 Å². The molecule has 4 heteroatoms. The Kier molecular flexibility index (Phi) is 2.71. The first-order valence-electron chi connectivity index (χ1n) is 8.67. The van der Waals surface area contributed by atoms with E-state index in [1.54, 1.807) is 0 Å². The van der Waals surface area contributed by atoms with Crippen LogP contribution in [0.1, 0.15) is 25.0 Å². The Hall–Kier alpha value is -3.24. The first-order chi connectivity index (χ1) is 12.5. The van der Waals surface area contributed by atoms with Crippen LogP contribution in [-0.2, 0) is 12.8 Å². The molecule has 4 nitrogen and oxygen atoms in total. The van der Waals surface area contributed by atoms with Crippen molar-refractivity contribution in [3.63, 3.8) is 0 Å². The Morgan fingerprint density at radius 1 is 0.769 bits per heavy atom. The van der Waals surface area contributed by atoms with Crippen LogP contribution in [0.25, 0.3) is 21.5 Å². The zero-order chi connectivity index (χ0) is 18.1. The maximum absolute atomic E-state index is 9.63. The Morgan fingerprint density at radius 3 is 1.58 bits per heavy atom. The highest BCUT2D eigenvalue weighted by Crippen LogP contribution is 2.51. The van der Waals surface area contributed by atoms with Crippen LogP contribution in [0.2, 0.25) is 0 Å². The lowest BCUT2D eigenvalue weighted by atomic mass is 9.84. The molecule has 5 rings (SSSR count). The Labute approximate surface area is 151 Å². The third-order valence-corrected chi connectivity index (χ3v) is 5.43. The fourth-order valence-corrected chi connectivity index (χ4v) is 4.27. The largest absolute Gasteiger partial charge is 0.471 e. The molecule has 0 unspecified atom stereocenters. The maximum atomic E-state index is 9.63. The van der Waals surface area contributed by atoms with E-state index in [9.17, 15) is 10.5 Å². The number of fused-ring (bicyclic) bond motifs is 2. The summed E-state index contributed by atoms with van der Waals surface area (Å²) in [6.45, 7) is 3.65. The summed E-state index contributed by atoms with van der Waals surface area (Å²) in [4.78, 5) is 0. The van der Waals surface area contributed by atoms with Crippen LogP contribution in [0.5, 0.6) is 11.5 Å². The molecule has 0 N–H and O–H groups in total. The molecule has 0 aliphatic carbocycles. The van der Waals surface area contributed by atoms with Crippen LogP contribution in [0, 0.1) is 22.7 Å². The zero-order valence-corrected chi connectivity index (χ0v) is 14.6. The van der Waals surface area contributed by atoms with E-state index >= 15 is 0 Å². The van der Waals surface area contributed by atoms with Crippen LogP contribution in [-0.4, -0.2) is 11.2 Å². The van der Waals surface area contributed by atoms with Gasteiger partial charge < -0.3 is 9.47 Å². The molecule has 2 aliphatic rings. The summed E-state index contributed by atoms with van der Waals surface area (Å²) in [6.07, 6.45) is 1.04. The molecule has 26 heavy (non-hydrogen) atoms. The topological polar surface area (TPSA) is 66.0 Å². The molecular formula is C22H16N2O2. The summed E-state index contributed by atoms with van der Waals surface area (Å²) in [5.41, 5.74) is 0.365. The van der Waals surface area contributed by atoms with Crippen LogP contribution >= 0.6 is 0 Å². The van der Waals surface area contributed by atoms with Gasteiger partial charge in [-0.15, -0.1) is 0 Å². The van der Waals surface area contributed by atoms with Crippen molar-refractivity contribution < 1.29 is 9.47 Å². The number of nitriles is 2. The lowest BCUT2D eigenvalue weighted by Crippen LogP contribution is -2.37. The molecule has 2 atom stereocenters. The molecule has 0 bridgehead atoms. The average molecular weight is 340 g/mol. The van der Waals surface area contributed by atoms with E-state index in [0.29, 0.717) is 12.8 Å². The highest BCUT2D eigenvalue weighted by atomic mass is 16.5. The smallest absolute Gasteiger partial charge is 0.195 e. The van der Waals surface area contributed by atoms with Crippen LogP contribution < -0.4 is 9.47 Å². The highest BCUT2D eigenvalue weighted by Gasteiger charge is 2.39. The van der Waals surface area contributed by atoms with Crippen molar-refractivity contribution in [3.8, 4) is 23.6 Å². The summed E-state index contributed by atoms with van der Waals surface area (Å²) < 4.78 is 12.5. The molecule has 126 valence electrons. The second-order valence-electron chi connectivity index (χ2n) is 7.58. The summed E-state index contributed by atoms with van der Waals surface area (Å²) in [5, 5.41) is 23.1. The van der Waals surface area contributed by atoms with E-state index < -0.39 is 11.2 Å². The third-order valence-electron chi connectivity index (χ3n) is 5.43. The van der Waals surface area contributed by atoms with Crippen molar-refractivity contribution >= 4 is 21.5 Å². The molecule has 0 radical (unpaired) electrons. The van der Waals surface area contributed by atoms with Gasteiger partial charge in [-0.2, -0.15) is 10.5 Å². The van der Waals surface area contributed by atoms with Gasteiger partial charge >= 0.3 is 0 Å². The van der Waals surface area contributed by atoms with E-state index in [1.807, 2.05) is 50.2 Å². The molecule has 0 saturated carbocycles. The fraction of sp³-hybridized carbons (Fsp3) is 0.273. The number of benzene rings is 3. The molecular weight excluding hydrogens is 324 g/mol. The number of hydrogen-bond acceptors (Lipinski definition) is 4. The SMILES string of the molecule is C[C@]1(C#N)Cc2cccc3c4c5c(cccc5c(c23)O1)C[C@@](C)(C#N)O4. The van der Waals surface area contributed by atoms with Crippen molar-refractivity contribution in [2.75, 3.05) is 0 Å². The Balaban J connectivity index is 1.97. The average Bonchev–Trinajstić information content (AvgIpc) is 2.65. The van der Waals surface area contributed by atoms with E-state index in [0.717, 1.165) is 44.2 Å². The van der Waals surface area contributed by atoms with Crippen molar-refractivity contribution in [1.82, 2.24) is 0 Å². The summed E-state index contributed by atoms with van der Waals surface area (Å²) in [7, 11) is 0. The standard InChI is InChI=1S/C22H16N2O2/c1-21(11-23)9-13-5-3-8-16-17(13)19(25-21)15-7-4-6-14-10-22(2,12-24)26-20(16)18(14)15/h3-8H,9-10H2,1-2H3/t21-,22+. The van der Waals surface area contributed by atoms with E-state index in [4.69, 9.17) is 9.47 Å². The molecule has 0 amide bonds. The first kappa shape index (κ1) is 15.0. The van der Waals surface area contributed by atoms with Crippen LogP contribution in [0.15, 0.2) is 36.4 Å². The molecule has 3 aromatic rings. The summed E-state index contributed by atoms with van der Waals surface area (Å²) in [5.74, 6) is 1.49. The second-order valence-corrected chi connectivity index (χ2v) is 7.58. The minimum Gasteiger partial charge on any atom is -0.471 e. The van der Waals surface area contributed by atoms with Gasteiger partial charge in [-0.25, -0.2) is 0 Å². The quantitative estimate of drug-likeness (QED) is 0.568. The van der Waals surface area contributed by atoms with Crippen molar-refractivity contribution in [2.45, 2.75) is 37.9 Å². The minimum atomic E-state index is -0.891. The molecule has 0 saturated heterocycles. The monoisotopic (exact) mass is 340 g/mol. The Bertz CT molecular complexity index is 1110. The van der Waals surface area contributed by atoms with E-state index in [1.165, 1.54) is 0 Å². The van der Waals surface area contributed by atoms with Gasteiger partial charge in [0.2, 0.25) is 0 Å². The zero-order valence-electron chi connectivity index (χ0n) is 14.6. The Morgan fingerprint density at radius 2 is 1.19 bits per heavy atom. The van der Waals surface area contributed by atoms with Gasteiger partial charge in [-0.05, 0) is 25.0 Å². The first-order valence-corrected chi connectivity index (χ1v) is 8.67. The van der Waals surface area contributed by atoms with Gasteiger partial charge in [0.25, 0.3) is 0 Å². The predicted octanol–water partition coefficient (Wildman–Crippen LogP) is 4.43. The van der Waals surface area contributed by atoms with Gasteiger partial charge in [-0.3, -0.25) is 0 Å². The lowest BCUT2D eigenvalue weighted by Gasteiger charge is -2.35. The number of nitrogens with zero attached hydrogens (tertiary/aromatic N) is 2. The molecule has 2 aliphatic heterocycles. The number of rotatable bonds is 0. The maximum Gasteiger partial charge on any atom is 0.195 e. The summed E-state index contributed by atoms with van der Waals surface area (Å²) in [6, 6.07) is 16.7. The van der Waals surface area contributed by atoms with Gasteiger partial charge in [0.05, 0.1) is 0 Å². The van der Waals surface area contributed by atoms with Crippen molar-refractivity contribution in [1.29, 1.82) is 10.5 Å². The van der Waals surface area contributed by atoms with Crippen LogP contribution in [0.4, 0.5) is 0 Å². The third kappa shape index (κ3) is 1.82. The number of hydrogen-bond donors (Lipinski definition) is 0. The van der Waals surface area contributed by atoms with E-state index in [-0.39, 0.29) is 0 Å². The normalized spacial score (nSPS) is 25.8. The molecule has 0 spiro atoms. The van der Waals surface area contributed by atoms with Gasteiger partial charge in [0, 0.05) is 34.4 Å². The van der Waals surface area contributed by atoms with Crippen LogP contribution in [0.3, 0.4) is 0 Å². The van der Waals surface area contributed by atoms with Crippen molar-refractivity contribution in [2.24, 2.45) is 0 Å². The number of ether oxygens (including phenoxy) is 2. The second kappa shape index (κ2) is 4.68. The molecule has 0 aromatic heterocycles. The lowest BCUT2D eigenvalue weighted by molar-refractivity contribution is 0.142. The predicted molar refractivity (Wildman–Crippen MR) is 98.2 cm³/mol. The van der Waals surface area contributed by atoms with Gasteiger partial charge in [-0.1, -0.05) is 36.4 Å². The fourth-order valence-electron chi connectivity index (χ4n) is 4.27. The van der Waals surface area contributed by atoms with Crippen molar-refractivity contribution in [3.05, 3.63) is 47.5 Å².